The van der Waals surface area contributed by atoms with Crippen molar-refractivity contribution >= 4 is 34.3 Å². The van der Waals surface area contributed by atoms with Crippen LogP contribution in [0.2, 0.25) is 0 Å². The molecule has 0 saturated heterocycles. The molecule has 2 aromatic carbocycles. The first-order valence-corrected chi connectivity index (χ1v) is 10.8. The number of halogens is 1. The molecule has 32 heavy (non-hydrogen) atoms. The summed E-state index contributed by atoms with van der Waals surface area (Å²) < 4.78 is 6.78. The van der Waals surface area contributed by atoms with E-state index in [1.807, 2.05) is 60.7 Å². The predicted octanol–water partition coefficient (Wildman–Crippen LogP) is 4.49. The summed E-state index contributed by atoms with van der Waals surface area (Å²) in [5, 5.41) is 7.95. The quantitative estimate of drug-likeness (QED) is 0.305. The molecule has 8 heteroatoms. The van der Waals surface area contributed by atoms with E-state index in [0.29, 0.717) is 29.8 Å². The van der Waals surface area contributed by atoms with Crippen molar-refractivity contribution in [2.45, 2.75) is 25.4 Å². The van der Waals surface area contributed by atoms with E-state index < -0.39 is 11.5 Å². The minimum atomic E-state index is -0.682. The van der Waals surface area contributed by atoms with Gasteiger partial charge in [0.25, 0.3) is 5.56 Å². The topological polar surface area (TPSA) is 89.0 Å². The second-order valence-corrected chi connectivity index (χ2v) is 7.76. The number of rotatable bonds is 8. The third-order valence-corrected chi connectivity index (χ3v) is 5.49. The highest BCUT2D eigenvalue weighted by molar-refractivity contribution is 6.20. The molecule has 1 unspecified atom stereocenters. The number of hydrogen-bond acceptors (Lipinski definition) is 5. The lowest BCUT2D eigenvalue weighted by atomic mass is 10.1. The lowest BCUT2D eigenvalue weighted by Gasteiger charge is -2.14. The fourth-order valence-corrected chi connectivity index (χ4v) is 3.82. The van der Waals surface area contributed by atoms with Crippen LogP contribution in [0.4, 0.5) is 5.69 Å². The molecule has 2 N–H and O–H groups in total. The molecule has 0 amide bonds. The fraction of sp³-hybridized carbons (Fsp3) is 0.208. The van der Waals surface area contributed by atoms with Crippen LogP contribution < -0.4 is 10.9 Å². The van der Waals surface area contributed by atoms with Gasteiger partial charge in [0.05, 0.1) is 35.8 Å². The number of benzene rings is 2. The third-order valence-electron chi connectivity index (χ3n) is 5.10. The molecule has 0 spiro atoms. The van der Waals surface area contributed by atoms with Gasteiger partial charge in [0.2, 0.25) is 0 Å². The monoisotopic (exact) mass is 450 g/mol. The number of H-pyrrole nitrogens is 1. The summed E-state index contributed by atoms with van der Waals surface area (Å²) in [7, 11) is 0. The largest absolute Gasteiger partial charge is 0.462 e. The van der Waals surface area contributed by atoms with E-state index in [9.17, 15) is 9.59 Å². The first-order valence-electron chi connectivity index (χ1n) is 10.3. The second-order valence-electron chi connectivity index (χ2n) is 7.23. The summed E-state index contributed by atoms with van der Waals surface area (Å²) in [6.07, 6.45) is 1.62. The predicted molar refractivity (Wildman–Crippen MR) is 125 cm³/mol. The highest BCUT2D eigenvalue weighted by Crippen LogP contribution is 2.28. The molecule has 0 aliphatic heterocycles. The molecule has 164 valence electrons. The smallest absolute Gasteiger partial charge is 0.345 e. The Balaban J connectivity index is 1.74. The third kappa shape index (κ3) is 4.53. The van der Waals surface area contributed by atoms with Crippen molar-refractivity contribution in [3.05, 3.63) is 93.9 Å². The number of carbonyl (C=O) groups is 1. The van der Waals surface area contributed by atoms with E-state index in [1.165, 1.54) is 0 Å². The van der Waals surface area contributed by atoms with Crippen LogP contribution >= 0.6 is 11.6 Å². The number of ether oxygens (including phenoxy) is 1. The summed E-state index contributed by atoms with van der Waals surface area (Å²) in [6, 6.07) is 19.4. The number of pyridine rings is 1. The zero-order chi connectivity index (χ0) is 22.5. The summed E-state index contributed by atoms with van der Waals surface area (Å²) >= 11 is 6.60. The molecule has 0 bridgehead atoms. The van der Waals surface area contributed by atoms with Crippen LogP contribution in [0.15, 0.2) is 71.7 Å². The van der Waals surface area contributed by atoms with Gasteiger partial charge in [-0.3, -0.25) is 4.79 Å². The van der Waals surface area contributed by atoms with E-state index in [1.54, 1.807) is 17.8 Å². The van der Waals surface area contributed by atoms with Gasteiger partial charge in [-0.1, -0.05) is 60.7 Å². The van der Waals surface area contributed by atoms with Crippen LogP contribution in [0, 0.1) is 0 Å². The molecule has 0 fully saturated rings. The number of aromatic amines is 1. The number of hydrogen-bond donors (Lipinski definition) is 2. The Labute approximate surface area is 190 Å². The Morgan fingerprint density at radius 1 is 1.16 bits per heavy atom. The van der Waals surface area contributed by atoms with Crippen LogP contribution in [0.5, 0.6) is 0 Å². The number of alkyl halides is 1. The summed E-state index contributed by atoms with van der Waals surface area (Å²) in [4.78, 5) is 28.3. The molecule has 2 aromatic heterocycles. The Hall–Kier alpha value is -3.58. The van der Waals surface area contributed by atoms with Gasteiger partial charge in [0.1, 0.15) is 11.2 Å². The molecule has 0 radical (unpaired) electrons. The van der Waals surface area contributed by atoms with Gasteiger partial charge in [0.15, 0.2) is 0 Å². The minimum absolute atomic E-state index is 0.0692. The molecule has 4 rings (SSSR count). The van der Waals surface area contributed by atoms with Gasteiger partial charge in [-0.25, -0.2) is 9.48 Å². The van der Waals surface area contributed by atoms with Crippen LogP contribution in [0.1, 0.15) is 33.8 Å². The van der Waals surface area contributed by atoms with Crippen LogP contribution in [0.3, 0.4) is 0 Å². The number of fused-ring (bicyclic) bond motifs is 1. The second kappa shape index (κ2) is 9.70. The van der Waals surface area contributed by atoms with Crippen molar-refractivity contribution in [3.8, 4) is 0 Å². The number of carbonyl (C=O) groups excluding carboxylic acids is 1. The van der Waals surface area contributed by atoms with Crippen LogP contribution in [-0.4, -0.2) is 27.3 Å². The Kier molecular flexibility index (Phi) is 6.56. The van der Waals surface area contributed by atoms with Gasteiger partial charge in [-0.15, -0.1) is 11.6 Å². The highest BCUT2D eigenvalue weighted by atomic mass is 35.5. The lowest BCUT2D eigenvalue weighted by Crippen LogP contribution is -2.23. The Morgan fingerprint density at radius 2 is 1.84 bits per heavy atom. The molecule has 7 nitrogen and oxygen atoms in total. The zero-order valence-corrected chi connectivity index (χ0v) is 18.3. The number of aromatic nitrogens is 3. The lowest BCUT2D eigenvalue weighted by molar-refractivity contribution is 0.0525. The minimum Gasteiger partial charge on any atom is -0.462 e. The van der Waals surface area contributed by atoms with Crippen molar-refractivity contribution in [1.82, 2.24) is 14.8 Å². The standard InChI is InChI=1S/C24H23ClN4O3/c1-2-32-24(31)20-21(26-13-16-9-5-3-6-10-16)18-14-27-29(22(18)28-23(20)30)15-19(25)17-11-7-4-8-12-17/h3-12,14,19H,2,13,15H2,1H3,(H2,26,28,30). The van der Waals surface area contributed by atoms with E-state index in [4.69, 9.17) is 16.3 Å². The molecule has 4 aromatic rings. The summed E-state index contributed by atoms with van der Waals surface area (Å²) in [6.45, 7) is 2.64. The zero-order valence-electron chi connectivity index (χ0n) is 17.5. The SMILES string of the molecule is CCOC(=O)c1c(NCc2ccccc2)c2cnn(CC(Cl)c3ccccc3)c2[nH]c1=O. The van der Waals surface area contributed by atoms with Crippen molar-refractivity contribution in [2.24, 2.45) is 0 Å². The van der Waals surface area contributed by atoms with Crippen molar-refractivity contribution in [1.29, 1.82) is 0 Å². The van der Waals surface area contributed by atoms with E-state index >= 15 is 0 Å². The Morgan fingerprint density at radius 3 is 2.53 bits per heavy atom. The highest BCUT2D eigenvalue weighted by Gasteiger charge is 2.23. The van der Waals surface area contributed by atoms with Gasteiger partial charge in [-0.2, -0.15) is 5.10 Å². The number of nitrogens with one attached hydrogen (secondary N) is 2. The molecule has 0 aliphatic carbocycles. The maximum absolute atomic E-state index is 12.9. The number of esters is 1. The van der Waals surface area contributed by atoms with Crippen LogP contribution in [-0.2, 0) is 17.8 Å². The van der Waals surface area contributed by atoms with E-state index in [-0.39, 0.29) is 17.5 Å². The van der Waals surface area contributed by atoms with E-state index in [2.05, 4.69) is 15.4 Å². The maximum atomic E-state index is 12.9. The average molecular weight is 451 g/mol. The summed E-state index contributed by atoms with van der Waals surface area (Å²) in [5.74, 6) is -0.682. The fourth-order valence-electron chi connectivity index (χ4n) is 3.54. The first kappa shape index (κ1) is 21.6. The number of nitrogens with zero attached hydrogens (tertiary/aromatic N) is 2. The first-order chi connectivity index (χ1) is 15.6. The molecular formula is C24H23ClN4O3. The van der Waals surface area contributed by atoms with Gasteiger partial charge >= 0.3 is 5.97 Å². The average Bonchev–Trinajstić information content (AvgIpc) is 3.20. The summed E-state index contributed by atoms with van der Waals surface area (Å²) in [5.41, 5.74) is 2.22. The van der Waals surface area contributed by atoms with E-state index in [0.717, 1.165) is 11.1 Å². The van der Waals surface area contributed by atoms with Crippen LogP contribution in [0.25, 0.3) is 11.0 Å². The number of anilines is 1. The van der Waals surface area contributed by atoms with Crippen molar-refractivity contribution < 1.29 is 9.53 Å². The molecule has 0 saturated carbocycles. The Bertz CT molecular complexity index is 1270. The van der Waals surface area contributed by atoms with Crippen molar-refractivity contribution in [2.75, 3.05) is 11.9 Å². The van der Waals surface area contributed by atoms with Gasteiger partial charge in [0, 0.05) is 6.54 Å². The normalized spacial score (nSPS) is 11.9. The molecule has 2 heterocycles. The van der Waals surface area contributed by atoms with Gasteiger partial charge < -0.3 is 15.0 Å². The van der Waals surface area contributed by atoms with Gasteiger partial charge in [-0.05, 0) is 18.1 Å². The molecule has 0 aliphatic rings. The maximum Gasteiger partial charge on any atom is 0.345 e. The molecule has 1 atom stereocenters. The van der Waals surface area contributed by atoms with Crippen molar-refractivity contribution in [3.63, 3.8) is 0 Å². The molecular weight excluding hydrogens is 428 g/mol.